The lowest BCUT2D eigenvalue weighted by molar-refractivity contribution is 0.0565. The van der Waals surface area contributed by atoms with Gasteiger partial charge < -0.3 is 10.1 Å². The maximum absolute atomic E-state index is 8.98. The first-order valence-electron chi connectivity index (χ1n) is 8.15. The third-order valence-corrected chi connectivity index (χ3v) is 4.65. The number of benzene rings is 2. The van der Waals surface area contributed by atoms with Crippen LogP contribution in [0.3, 0.4) is 0 Å². The van der Waals surface area contributed by atoms with E-state index >= 15 is 0 Å². The van der Waals surface area contributed by atoms with Crippen molar-refractivity contribution in [3.8, 4) is 6.07 Å². The molecule has 0 saturated carbocycles. The highest BCUT2D eigenvalue weighted by molar-refractivity contribution is 5.32. The summed E-state index contributed by atoms with van der Waals surface area (Å²) in [6.07, 6.45) is 2.19. The predicted molar refractivity (Wildman–Crippen MR) is 91.0 cm³/mol. The molecule has 0 aliphatic carbocycles. The third kappa shape index (κ3) is 3.79. The Kier molecular flexibility index (Phi) is 5.07. The van der Waals surface area contributed by atoms with E-state index in [0.29, 0.717) is 12.2 Å². The standard InChI is InChI=1S/C20H22N2O/c21-14-17-5-4-6-18(13-17)15-23-16-20(9-11-22-12-10-20)19-7-2-1-3-8-19/h1-8,13,22H,9-12,15-16H2. The zero-order chi connectivity index (χ0) is 16.0. The molecule has 0 spiro atoms. The Bertz CT molecular complexity index is 670. The molecule has 1 aliphatic rings. The number of nitrogens with one attached hydrogen (secondary N) is 1. The monoisotopic (exact) mass is 306 g/mol. The Balaban J connectivity index is 1.69. The molecule has 0 radical (unpaired) electrons. The maximum atomic E-state index is 8.98. The van der Waals surface area contributed by atoms with Crippen LogP contribution in [0.5, 0.6) is 0 Å². The molecular weight excluding hydrogens is 284 g/mol. The summed E-state index contributed by atoms with van der Waals surface area (Å²) in [4.78, 5) is 0. The maximum Gasteiger partial charge on any atom is 0.0991 e. The molecular formula is C20H22N2O. The van der Waals surface area contributed by atoms with Crippen LogP contribution in [0.4, 0.5) is 0 Å². The third-order valence-electron chi connectivity index (χ3n) is 4.65. The first-order chi connectivity index (χ1) is 11.3. The van der Waals surface area contributed by atoms with Crippen LogP contribution < -0.4 is 5.32 Å². The molecule has 2 aromatic carbocycles. The van der Waals surface area contributed by atoms with Crippen LogP contribution in [-0.2, 0) is 16.8 Å². The second-order valence-electron chi connectivity index (χ2n) is 6.20. The fourth-order valence-corrected chi connectivity index (χ4v) is 3.31. The van der Waals surface area contributed by atoms with E-state index in [1.165, 1.54) is 5.56 Å². The zero-order valence-corrected chi connectivity index (χ0v) is 13.3. The van der Waals surface area contributed by atoms with Crippen molar-refractivity contribution in [2.24, 2.45) is 0 Å². The minimum atomic E-state index is 0.0966. The molecule has 1 N–H and O–H groups in total. The van der Waals surface area contributed by atoms with Gasteiger partial charge in [-0.05, 0) is 49.2 Å². The average molecular weight is 306 g/mol. The summed E-state index contributed by atoms with van der Waals surface area (Å²) < 4.78 is 6.08. The van der Waals surface area contributed by atoms with Crippen molar-refractivity contribution in [1.29, 1.82) is 5.26 Å². The van der Waals surface area contributed by atoms with Gasteiger partial charge in [-0.2, -0.15) is 5.26 Å². The average Bonchev–Trinajstić information content (AvgIpc) is 2.63. The van der Waals surface area contributed by atoms with E-state index in [0.717, 1.165) is 38.1 Å². The van der Waals surface area contributed by atoms with E-state index in [2.05, 4.69) is 41.7 Å². The van der Waals surface area contributed by atoms with E-state index in [1.807, 2.05) is 24.3 Å². The van der Waals surface area contributed by atoms with E-state index in [4.69, 9.17) is 10.00 Å². The van der Waals surface area contributed by atoms with Crippen molar-refractivity contribution in [3.63, 3.8) is 0 Å². The second-order valence-corrected chi connectivity index (χ2v) is 6.20. The summed E-state index contributed by atoms with van der Waals surface area (Å²) in [6, 6.07) is 20.5. The van der Waals surface area contributed by atoms with Crippen molar-refractivity contribution < 1.29 is 4.74 Å². The van der Waals surface area contributed by atoms with Crippen LogP contribution in [0.2, 0.25) is 0 Å². The summed E-state index contributed by atoms with van der Waals surface area (Å²) in [5.41, 5.74) is 3.21. The molecule has 0 amide bonds. The van der Waals surface area contributed by atoms with Crippen LogP contribution in [0, 0.1) is 11.3 Å². The van der Waals surface area contributed by atoms with Gasteiger partial charge in [0.2, 0.25) is 0 Å². The fraction of sp³-hybridized carbons (Fsp3) is 0.350. The molecule has 3 heteroatoms. The summed E-state index contributed by atoms with van der Waals surface area (Å²) in [5, 5.41) is 12.4. The van der Waals surface area contributed by atoms with Crippen LogP contribution in [0.25, 0.3) is 0 Å². The van der Waals surface area contributed by atoms with E-state index < -0.39 is 0 Å². The van der Waals surface area contributed by atoms with Gasteiger partial charge in [-0.25, -0.2) is 0 Å². The number of piperidine rings is 1. The van der Waals surface area contributed by atoms with Gasteiger partial charge in [0.1, 0.15) is 0 Å². The van der Waals surface area contributed by atoms with Gasteiger partial charge in [0.25, 0.3) is 0 Å². The molecule has 0 aromatic heterocycles. The molecule has 2 aromatic rings. The lowest BCUT2D eigenvalue weighted by Crippen LogP contribution is -2.43. The second kappa shape index (κ2) is 7.41. The Morgan fingerprint density at radius 1 is 1.04 bits per heavy atom. The predicted octanol–water partition coefficient (Wildman–Crippen LogP) is 3.40. The molecule has 0 bridgehead atoms. The molecule has 0 atom stereocenters. The van der Waals surface area contributed by atoms with Crippen molar-refractivity contribution in [2.75, 3.05) is 19.7 Å². The topological polar surface area (TPSA) is 45.0 Å². The Labute approximate surface area is 137 Å². The van der Waals surface area contributed by atoms with E-state index in [-0.39, 0.29) is 5.41 Å². The number of ether oxygens (including phenoxy) is 1. The highest BCUT2D eigenvalue weighted by Crippen LogP contribution is 2.34. The molecule has 1 heterocycles. The summed E-state index contributed by atoms with van der Waals surface area (Å²) in [7, 11) is 0. The zero-order valence-electron chi connectivity index (χ0n) is 13.3. The minimum absolute atomic E-state index is 0.0966. The summed E-state index contributed by atoms with van der Waals surface area (Å²) in [6.45, 7) is 3.33. The Morgan fingerprint density at radius 3 is 2.57 bits per heavy atom. The minimum Gasteiger partial charge on any atom is -0.376 e. The largest absolute Gasteiger partial charge is 0.376 e. The molecule has 1 fully saturated rings. The fourth-order valence-electron chi connectivity index (χ4n) is 3.31. The van der Waals surface area contributed by atoms with Gasteiger partial charge in [0.05, 0.1) is 24.8 Å². The lowest BCUT2D eigenvalue weighted by atomic mass is 9.74. The highest BCUT2D eigenvalue weighted by atomic mass is 16.5. The molecule has 1 aliphatic heterocycles. The quantitative estimate of drug-likeness (QED) is 0.921. The van der Waals surface area contributed by atoms with Crippen molar-refractivity contribution >= 4 is 0 Å². The van der Waals surface area contributed by atoms with Crippen LogP contribution >= 0.6 is 0 Å². The summed E-state index contributed by atoms with van der Waals surface area (Å²) in [5.74, 6) is 0. The van der Waals surface area contributed by atoms with Gasteiger partial charge in [0, 0.05) is 5.41 Å². The van der Waals surface area contributed by atoms with Gasteiger partial charge in [-0.3, -0.25) is 0 Å². The molecule has 3 rings (SSSR count). The van der Waals surface area contributed by atoms with Crippen LogP contribution in [0.15, 0.2) is 54.6 Å². The number of hydrogen-bond donors (Lipinski definition) is 1. The normalized spacial score (nSPS) is 16.7. The van der Waals surface area contributed by atoms with Crippen LogP contribution in [0.1, 0.15) is 29.5 Å². The lowest BCUT2D eigenvalue weighted by Gasteiger charge is -2.38. The highest BCUT2D eigenvalue weighted by Gasteiger charge is 2.34. The van der Waals surface area contributed by atoms with Crippen molar-refractivity contribution in [3.05, 3.63) is 71.3 Å². The first-order valence-corrected chi connectivity index (χ1v) is 8.15. The van der Waals surface area contributed by atoms with E-state index in [1.54, 1.807) is 0 Å². The molecule has 23 heavy (non-hydrogen) atoms. The van der Waals surface area contributed by atoms with E-state index in [9.17, 15) is 0 Å². The van der Waals surface area contributed by atoms with Gasteiger partial charge in [-0.1, -0.05) is 42.5 Å². The number of hydrogen-bond acceptors (Lipinski definition) is 3. The molecule has 0 unspecified atom stereocenters. The van der Waals surface area contributed by atoms with Gasteiger partial charge in [0.15, 0.2) is 0 Å². The first kappa shape index (κ1) is 15.7. The van der Waals surface area contributed by atoms with Crippen LogP contribution in [-0.4, -0.2) is 19.7 Å². The van der Waals surface area contributed by atoms with Crippen molar-refractivity contribution in [2.45, 2.75) is 24.9 Å². The number of nitrogens with zero attached hydrogens (tertiary/aromatic N) is 1. The number of nitriles is 1. The smallest absolute Gasteiger partial charge is 0.0991 e. The van der Waals surface area contributed by atoms with Crippen molar-refractivity contribution in [1.82, 2.24) is 5.32 Å². The molecule has 3 nitrogen and oxygen atoms in total. The Morgan fingerprint density at radius 2 is 1.83 bits per heavy atom. The van der Waals surface area contributed by atoms with Gasteiger partial charge >= 0.3 is 0 Å². The SMILES string of the molecule is N#Cc1cccc(COCC2(c3ccccc3)CCNCC2)c1. The molecule has 1 saturated heterocycles. The Hall–Kier alpha value is -2.15. The summed E-state index contributed by atoms with van der Waals surface area (Å²) >= 11 is 0. The molecule has 118 valence electrons. The van der Waals surface area contributed by atoms with Gasteiger partial charge in [-0.15, -0.1) is 0 Å². The number of rotatable bonds is 5.